The van der Waals surface area contributed by atoms with E-state index in [0.717, 1.165) is 0 Å². The highest BCUT2D eigenvalue weighted by molar-refractivity contribution is 7.01. The lowest BCUT2D eigenvalue weighted by molar-refractivity contribution is 0.590. The summed E-state index contributed by atoms with van der Waals surface area (Å²) in [7, 11) is 0. The van der Waals surface area contributed by atoms with Gasteiger partial charge in [0.1, 0.15) is 0 Å². The van der Waals surface area contributed by atoms with Crippen molar-refractivity contribution in [2.45, 2.75) is 105 Å². The maximum Gasteiger partial charge on any atom is 0.253 e. The van der Waals surface area contributed by atoms with E-state index in [4.69, 9.17) is 0 Å². The van der Waals surface area contributed by atoms with Crippen LogP contribution < -0.4 is 16.4 Å². The Morgan fingerprint density at radius 2 is 0.910 bits per heavy atom. The number of hydrogen-bond acceptors (Lipinski definition) is 0. The normalized spacial score (nSPS) is 13.6. The minimum absolute atomic E-state index is 0.00855. The van der Waals surface area contributed by atoms with Gasteiger partial charge in [-0.3, -0.25) is 0 Å². The summed E-state index contributed by atoms with van der Waals surface area (Å²) >= 11 is 0. The van der Waals surface area contributed by atoms with Gasteiger partial charge in [-0.05, 0) is 130 Å². The molecule has 2 aliphatic rings. The SMILES string of the molecule is CC(C)(C)c1ccc(-c2c(-c3ccc(C(C)(C)C)cc3)n3c4c(c5ccccc5cc24)B2c4c-3cc(-c3ccccc3)cc4-n3c4ccc(C(C)(C)C)cc4c4cc(C(C)(C)C)cc2c43)cc1. The number of nitrogens with zero attached hydrogens (tertiary/aromatic N) is 2. The zero-order chi connectivity index (χ0) is 46.7. The average molecular weight is 869 g/mol. The van der Waals surface area contributed by atoms with Crippen molar-refractivity contribution in [3.8, 4) is 44.9 Å². The van der Waals surface area contributed by atoms with Crippen LogP contribution in [-0.2, 0) is 21.7 Å². The van der Waals surface area contributed by atoms with E-state index in [0.29, 0.717) is 0 Å². The fourth-order valence-electron chi connectivity index (χ4n) is 11.6. The molecule has 0 saturated heterocycles. The Morgan fingerprint density at radius 1 is 0.358 bits per heavy atom. The highest BCUT2D eigenvalue weighted by Gasteiger charge is 2.44. The molecule has 0 radical (unpaired) electrons. The van der Waals surface area contributed by atoms with Gasteiger partial charge >= 0.3 is 0 Å². The molecule has 10 aromatic rings. The molecule has 330 valence electrons. The highest BCUT2D eigenvalue weighted by atomic mass is 15.0. The van der Waals surface area contributed by atoms with E-state index in [1.165, 1.54) is 127 Å². The van der Waals surface area contributed by atoms with Crippen molar-refractivity contribution in [1.29, 1.82) is 0 Å². The van der Waals surface area contributed by atoms with Gasteiger partial charge in [0.2, 0.25) is 0 Å². The van der Waals surface area contributed by atoms with Gasteiger partial charge < -0.3 is 9.13 Å². The minimum Gasteiger partial charge on any atom is -0.310 e. The zero-order valence-electron chi connectivity index (χ0n) is 41.4. The van der Waals surface area contributed by atoms with Crippen LogP contribution >= 0.6 is 0 Å². The van der Waals surface area contributed by atoms with Gasteiger partial charge in [0, 0.05) is 38.6 Å². The van der Waals surface area contributed by atoms with Gasteiger partial charge in [0.15, 0.2) is 0 Å². The molecular weight excluding hydrogens is 808 g/mol. The number of hydrogen-bond donors (Lipinski definition) is 0. The van der Waals surface area contributed by atoms with Crippen LogP contribution in [0.5, 0.6) is 0 Å². The highest BCUT2D eigenvalue weighted by Crippen LogP contribution is 2.48. The van der Waals surface area contributed by atoms with Crippen LogP contribution in [0.25, 0.3) is 88.4 Å². The molecule has 67 heavy (non-hydrogen) atoms. The first-order valence-corrected chi connectivity index (χ1v) is 24.5. The van der Waals surface area contributed by atoms with Crippen molar-refractivity contribution >= 4 is 66.6 Å². The van der Waals surface area contributed by atoms with Gasteiger partial charge in [-0.1, -0.05) is 198 Å². The lowest BCUT2D eigenvalue weighted by Gasteiger charge is -2.36. The van der Waals surface area contributed by atoms with Gasteiger partial charge in [0.25, 0.3) is 6.71 Å². The summed E-state index contributed by atoms with van der Waals surface area (Å²) in [6.45, 7) is 28.0. The fourth-order valence-corrected chi connectivity index (χ4v) is 11.6. The summed E-state index contributed by atoms with van der Waals surface area (Å²) in [4.78, 5) is 0. The molecule has 0 N–H and O–H groups in total. The van der Waals surface area contributed by atoms with Crippen LogP contribution in [0, 0.1) is 0 Å². The number of benzene rings is 8. The molecule has 0 bridgehead atoms. The summed E-state index contributed by atoms with van der Waals surface area (Å²) in [6, 6.07) is 59.3. The summed E-state index contributed by atoms with van der Waals surface area (Å²) in [5.74, 6) is 0. The van der Waals surface area contributed by atoms with Gasteiger partial charge in [-0.15, -0.1) is 0 Å². The first-order valence-electron chi connectivity index (χ1n) is 24.5. The van der Waals surface area contributed by atoms with E-state index in [1.807, 2.05) is 0 Å². The molecule has 0 saturated carbocycles. The van der Waals surface area contributed by atoms with E-state index in [-0.39, 0.29) is 28.4 Å². The quantitative estimate of drug-likeness (QED) is 0.157. The van der Waals surface area contributed by atoms with Gasteiger partial charge in [-0.25, -0.2) is 0 Å². The second-order valence-electron chi connectivity index (χ2n) is 23.9. The van der Waals surface area contributed by atoms with Crippen LogP contribution in [0.2, 0.25) is 0 Å². The van der Waals surface area contributed by atoms with Crippen LogP contribution in [-0.4, -0.2) is 15.8 Å². The molecule has 0 aliphatic carbocycles. The van der Waals surface area contributed by atoms with Gasteiger partial charge in [-0.2, -0.15) is 0 Å². The van der Waals surface area contributed by atoms with E-state index < -0.39 is 0 Å². The number of rotatable bonds is 3. The monoisotopic (exact) mass is 868 g/mol. The molecule has 8 aromatic carbocycles. The molecule has 4 heterocycles. The smallest absolute Gasteiger partial charge is 0.253 e. The molecule has 0 atom stereocenters. The molecule has 0 spiro atoms. The standard InChI is InChI=1S/C64H61BN2/c1-61(2,3)43-26-22-39(23-27-43)55-50-32-41-20-16-17-21-47(41)56-60(50)67(58(55)40-24-28-44(29-25-40)62(4,5)6)54-34-42(38-18-14-13-15-19-38)33-53-57(54)65(56)51-37-46(64(10,11)12)36-49-48-35-45(63(7,8)9)30-31-52(48)66(53)59(49)51/h13-37H,1-12H3. The predicted octanol–water partition coefficient (Wildman–Crippen LogP) is 15.2. The number of aromatic nitrogens is 2. The Balaban J connectivity index is 1.32. The van der Waals surface area contributed by atoms with Gasteiger partial charge in [0.05, 0.1) is 16.7 Å². The van der Waals surface area contributed by atoms with Crippen molar-refractivity contribution in [3.63, 3.8) is 0 Å². The summed E-state index contributed by atoms with van der Waals surface area (Å²) in [6.07, 6.45) is 0. The first kappa shape index (κ1) is 41.8. The van der Waals surface area contributed by atoms with E-state index in [2.05, 4.69) is 244 Å². The third-order valence-electron chi connectivity index (χ3n) is 15.3. The molecule has 0 unspecified atom stereocenters. The maximum absolute atomic E-state index is 2.71. The molecule has 2 aromatic heterocycles. The summed E-state index contributed by atoms with van der Waals surface area (Å²) < 4.78 is 5.36. The lowest BCUT2D eigenvalue weighted by Crippen LogP contribution is -2.60. The van der Waals surface area contributed by atoms with Crippen LogP contribution in [0.15, 0.2) is 152 Å². The molecule has 2 nitrogen and oxygen atoms in total. The fraction of sp³-hybridized carbons (Fsp3) is 0.250. The molecule has 0 fully saturated rings. The van der Waals surface area contributed by atoms with Crippen molar-refractivity contribution < 1.29 is 0 Å². The average Bonchev–Trinajstić information content (AvgIpc) is 3.81. The first-order chi connectivity index (χ1) is 31.8. The Morgan fingerprint density at radius 3 is 1.54 bits per heavy atom. The third-order valence-corrected chi connectivity index (χ3v) is 15.3. The summed E-state index contributed by atoms with van der Waals surface area (Å²) in [5, 5.41) is 6.57. The molecule has 2 aliphatic heterocycles. The van der Waals surface area contributed by atoms with E-state index in [9.17, 15) is 0 Å². The van der Waals surface area contributed by atoms with Crippen molar-refractivity contribution in [3.05, 3.63) is 174 Å². The topological polar surface area (TPSA) is 9.86 Å². The lowest BCUT2D eigenvalue weighted by atomic mass is 9.33. The van der Waals surface area contributed by atoms with Crippen LogP contribution in [0.4, 0.5) is 0 Å². The largest absolute Gasteiger partial charge is 0.310 e. The van der Waals surface area contributed by atoms with Crippen molar-refractivity contribution in [1.82, 2.24) is 9.13 Å². The minimum atomic E-state index is -0.0667. The molecular formula is C64H61BN2. The Bertz CT molecular complexity index is 3680. The molecule has 12 rings (SSSR count). The molecule has 0 amide bonds. The van der Waals surface area contributed by atoms with Crippen LogP contribution in [0.3, 0.4) is 0 Å². The summed E-state index contributed by atoms with van der Waals surface area (Å²) in [5.41, 5.74) is 23.5. The van der Waals surface area contributed by atoms with Crippen molar-refractivity contribution in [2.75, 3.05) is 0 Å². The molecule has 3 heteroatoms. The Hall–Kier alpha value is -6.58. The number of fused-ring (bicyclic) bond motifs is 9. The predicted molar refractivity (Wildman–Crippen MR) is 291 cm³/mol. The zero-order valence-corrected chi connectivity index (χ0v) is 41.4. The maximum atomic E-state index is 2.71. The Kier molecular flexibility index (Phi) is 8.73. The van der Waals surface area contributed by atoms with E-state index >= 15 is 0 Å². The van der Waals surface area contributed by atoms with Crippen LogP contribution in [0.1, 0.15) is 105 Å². The third kappa shape index (κ3) is 6.23. The second kappa shape index (κ2) is 14.0. The second-order valence-corrected chi connectivity index (χ2v) is 23.9. The van der Waals surface area contributed by atoms with E-state index in [1.54, 1.807) is 0 Å². The van der Waals surface area contributed by atoms with Crippen molar-refractivity contribution in [2.24, 2.45) is 0 Å². The Labute approximate surface area is 397 Å².